The number of morpholine rings is 1. The fourth-order valence-electron chi connectivity index (χ4n) is 3.49. The van der Waals surface area contributed by atoms with E-state index in [0.717, 1.165) is 65.1 Å². The van der Waals surface area contributed by atoms with Crippen LogP contribution in [-0.4, -0.2) is 55.2 Å². The predicted octanol–water partition coefficient (Wildman–Crippen LogP) is 5.04. The van der Waals surface area contributed by atoms with Gasteiger partial charge in [-0.2, -0.15) is 0 Å². The van der Waals surface area contributed by atoms with Gasteiger partial charge in [-0.25, -0.2) is 4.98 Å². The number of nitrogens with zero attached hydrogens (tertiary/aromatic N) is 3. The molecule has 0 aliphatic carbocycles. The Morgan fingerprint density at radius 3 is 2.73 bits per heavy atom. The molecule has 3 heterocycles. The van der Waals surface area contributed by atoms with Crippen LogP contribution < -0.4 is 4.90 Å². The van der Waals surface area contributed by atoms with Gasteiger partial charge in [0, 0.05) is 31.1 Å². The van der Waals surface area contributed by atoms with E-state index in [1.807, 2.05) is 23.1 Å². The lowest BCUT2D eigenvalue weighted by atomic mass is 10.2. The number of thiazole rings is 1. The minimum absolute atomic E-state index is 0. The Kier molecular flexibility index (Phi) is 8.51. The normalized spacial score (nSPS) is 14.6. The molecule has 2 aromatic heterocycles. The van der Waals surface area contributed by atoms with Crippen molar-refractivity contribution in [1.29, 1.82) is 0 Å². The van der Waals surface area contributed by atoms with Crippen LogP contribution in [0.25, 0.3) is 10.2 Å². The molecule has 0 saturated carbocycles. The van der Waals surface area contributed by atoms with Crippen LogP contribution in [0.4, 0.5) is 5.13 Å². The number of fused-ring (bicyclic) bond motifs is 1. The Balaban J connectivity index is 0.00000256. The van der Waals surface area contributed by atoms with E-state index >= 15 is 0 Å². The quantitative estimate of drug-likeness (QED) is 0.470. The highest BCUT2D eigenvalue weighted by Gasteiger charge is 2.21. The number of halogens is 2. The van der Waals surface area contributed by atoms with Crippen LogP contribution >= 0.6 is 46.7 Å². The van der Waals surface area contributed by atoms with Crippen LogP contribution in [0.2, 0.25) is 4.34 Å². The van der Waals surface area contributed by atoms with E-state index in [2.05, 4.69) is 24.0 Å². The number of para-hydroxylation sites is 1. The number of aryl methyl sites for hydroxylation is 1. The second-order valence-corrected chi connectivity index (χ2v) is 9.96. The first-order valence-electron chi connectivity index (χ1n) is 9.81. The van der Waals surface area contributed by atoms with Crippen molar-refractivity contribution in [2.75, 3.05) is 44.3 Å². The van der Waals surface area contributed by atoms with Crippen LogP contribution in [0, 0.1) is 6.92 Å². The molecule has 1 aliphatic rings. The first-order valence-corrected chi connectivity index (χ1v) is 11.8. The zero-order chi connectivity index (χ0) is 20.2. The Morgan fingerprint density at radius 1 is 1.23 bits per heavy atom. The Hall–Kier alpha value is -1.22. The molecule has 1 saturated heterocycles. The molecule has 3 aromatic rings. The van der Waals surface area contributed by atoms with E-state index in [0.29, 0.717) is 17.3 Å². The van der Waals surface area contributed by atoms with Crippen molar-refractivity contribution >= 4 is 67.9 Å². The van der Waals surface area contributed by atoms with Crippen LogP contribution in [0.5, 0.6) is 0 Å². The van der Waals surface area contributed by atoms with Gasteiger partial charge in [-0.15, -0.1) is 23.7 Å². The van der Waals surface area contributed by atoms with E-state index < -0.39 is 0 Å². The highest BCUT2D eigenvalue weighted by Crippen LogP contribution is 2.31. The van der Waals surface area contributed by atoms with Gasteiger partial charge in [0.15, 0.2) is 5.13 Å². The topological polar surface area (TPSA) is 45.7 Å². The third-order valence-electron chi connectivity index (χ3n) is 5.06. The van der Waals surface area contributed by atoms with Gasteiger partial charge in [-0.05, 0) is 37.1 Å². The molecule has 0 unspecified atom stereocenters. The van der Waals surface area contributed by atoms with Gasteiger partial charge in [0.2, 0.25) is 5.91 Å². The molecule has 9 heteroatoms. The van der Waals surface area contributed by atoms with Crippen LogP contribution in [0.3, 0.4) is 0 Å². The minimum Gasteiger partial charge on any atom is -0.379 e. The van der Waals surface area contributed by atoms with Gasteiger partial charge in [-0.1, -0.05) is 35.1 Å². The number of amides is 1. The van der Waals surface area contributed by atoms with E-state index in [-0.39, 0.29) is 18.3 Å². The fraction of sp³-hybridized carbons (Fsp3) is 0.429. The fourth-order valence-corrected chi connectivity index (χ4v) is 5.65. The van der Waals surface area contributed by atoms with Crippen LogP contribution in [-0.2, 0) is 16.0 Å². The maximum absolute atomic E-state index is 13.2. The molecule has 0 spiro atoms. The summed E-state index contributed by atoms with van der Waals surface area (Å²) in [6, 6.07) is 9.94. The van der Waals surface area contributed by atoms with Gasteiger partial charge >= 0.3 is 0 Å². The van der Waals surface area contributed by atoms with Gasteiger partial charge in [0.05, 0.1) is 34.2 Å². The first-order chi connectivity index (χ1) is 14.1. The van der Waals surface area contributed by atoms with Crippen molar-refractivity contribution in [3.63, 3.8) is 0 Å². The lowest BCUT2D eigenvalue weighted by Gasteiger charge is -2.27. The van der Waals surface area contributed by atoms with Gasteiger partial charge < -0.3 is 4.74 Å². The maximum Gasteiger partial charge on any atom is 0.234 e. The second-order valence-electron chi connectivity index (χ2n) is 7.15. The van der Waals surface area contributed by atoms with Crippen molar-refractivity contribution in [2.24, 2.45) is 0 Å². The Morgan fingerprint density at radius 2 is 2.03 bits per heavy atom. The second kappa shape index (κ2) is 10.9. The highest BCUT2D eigenvalue weighted by atomic mass is 35.5. The molecule has 1 aliphatic heterocycles. The largest absolute Gasteiger partial charge is 0.379 e. The van der Waals surface area contributed by atoms with Gasteiger partial charge in [0.25, 0.3) is 0 Å². The lowest BCUT2D eigenvalue weighted by molar-refractivity contribution is -0.118. The first kappa shape index (κ1) is 23.4. The number of ether oxygens (including phenoxy) is 1. The third-order valence-corrected chi connectivity index (χ3v) is 7.33. The Labute approximate surface area is 196 Å². The lowest BCUT2D eigenvalue weighted by Crippen LogP contribution is -2.39. The summed E-state index contributed by atoms with van der Waals surface area (Å²) in [5.74, 6) is 0.0715. The number of thiophene rings is 1. The average Bonchev–Trinajstić information content (AvgIpc) is 3.33. The van der Waals surface area contributed by atoms with Crippen molar-refractivity contribution in [3.8, 4) is 0 Å². The van der Waals surface area contributed by atoms with E-state index in [1.54, 1.807) is 11.3 Å². The zero-order valence-corrected chi connectivity index (χ0v) is 20.0. The molecular weight excluding hydrogens is 461 g/mol. The summed E-state index contributed by atoms with van der Waals surface area (Å²) >= 11 is 9.10. The average molecular weight is 486 g/mol. The molecule has 0 radical (unpaired) electrons. The summed E-state index contributed by atoms with van der Waals surface area (Å²) in [4.78, 5) is 23.2. The van der Waals surface area contributed by atoms with Gasteiger partial charge in [-0.3, -0.25) is 14.6 Å². The maximum atomic E-state index is 13.2. The van der Waals surface area contributed by atoms with Crippen LogP contribution in [0.15, 0.2) is 30.3 Å². The number of rotatable bonds is 7. The number of carbonyl (C=O) groups is 1. The summed E-state index contributed by atoms with van der Waals surface area (Å²) in [6.45, 7) is 7.18. The monoisotopic (exact) mass is 485 g/mol. The molecule has 1 amide bonds. The van der Waals surface area contributed by atoms with Crippen molar-refractivity contribution in [2.45, 2.75) is 19.8 Å². The SMILES string of the molecule is Cc1cccc2sc(N(CCCN3CCOCC3)C(=O)Cc3ccc(Cl)s3)nc12.Cl. The number of hydrogen-bond acceptors (Lipinski definition) is 6. The molecule has 1 aromatic carbocycles. The van der Waals surface area contributed by atoms with Crippen molar-refractivity contribution < 1.29 is 9.53 Å². The standard InChI is InChI=1S/C21H24ClN3O2S2.ClH/c1-15-4-2-5-17-20(15)23-21(29-17)25(9-3-8-24-10-12-27-13-11-24)19(26)14-16-6-7-18(22)28-16;/h2,4-7H,3,8-14H2,1H3;1H. The molecule has 1 fully saturated rings. The smallest absolute Gasteiger partial charge is 0.234 e. The number of carbonyl (C=O) groups excluding carboxylic acids is 1. The van der Waals surface area contributed by atoms with Gasteiger partial charge in [0.1, 0.15) is 0 Å². The highest BCUT2D eigenvalue weighted by molar-refractivity contribution is 7.22. The summed E-state index contributed by atoms with van der Waals surface area (Å²) in [6.07, 6.45) is 1.26. The molecule has 0 N–H and O–H groups in total. The minimum atomic E-state index is 0. The molecule has 0 bridgehead atoms. The van der Waals surface area contributed by atoms with E-state index in [4.69, 9.17) is 21.3 Å². The van der Waals surface area contributed by atoms with E-state index in [1.165, 1.54) is 11.3 Å². The number of aromatic nitrogens is 1. The van der Waals surface area contributed by atoms with E-state index in [9.17, 15) is 4.79 Å². The molecule has 5 nitrogen and oxygen atoms in total. The summed E-state index contributed by atoms with van der Waals surface area (Å²) in [5.41, 5.74) is 2.12. The zero-order valence-electron chi connectivity index (χ0n) is 16.8. The van der Waals surface area contributed by atoms with Crippen LogP contribution in [0.1, 0.15) is 16.9 Å². The molecular formula is C21H25Cl2N3O2S2. The van der Waals surface area contributed by atoms with Crippen molar-refractivity contribution in [1.82, 2.24) is 9.88 Å². The summed E-state index contributed by atoms with van der Waals surface area (Å²) < 4.78 is 7.25. The molecule has 0 atom stereocenters. The summed E-state index contributed by atoms with van der Waals surface area (Å²) in [7, 11) is 0. The number of hydrogen-bond donors (Lipinski definition) is 0. The molecule has 4 rings (SSSR count). The third kappa shape index (κ3) is 5.72. The number of anilines is 1. The van der Waals surface area contributed by atoms with Crippen molar-refractivity contribution in [3.05, 3.63) is 45.1 Å². The number of benzene rings is 1. The summed E-state index contributed by atoms with van der Waals surface area (Å²) in [5, 5.41) is 0.781. The predicted molar refractivity (Wildman–Crippen MR) is 129 cm³/mol. The molecule has 162 valence electrons. The Bertz CT molecular complexity index is 986. The molecule has 30 heavy (non-hydrogen) atoms.